The van der Waals surface area contributed by atoms with Crippen LogP contribution in [0.15, 0.2) is 84.9 Å². The first kappa shape index (κ1) is 23.7. The minimum atomic E-state index is -0.465. The predicted octanol–water partition coefficient (Wildman–Crippen LogP) is 6.79. The van der Waals surface area contributed by atoms with Crippen molar-refractivity contribution < 1.29 is 9.47 Å². The smallest absolute Gasteiger partial charge is 0.126 e. The van der Waals surface area contributed by atoms with Crippen LogP contribution in [0.25, 0.3) is 0 Å². The highest BCUT2D eigenvalue weighted by molar-refractivity contribution is 5.39. The molecule has 2 heterocycles. The molecular weight excluding hydrogens is 430 g/mol. The van der Waals surface area contributed by atoms with Crippen LogP contribution in [0.5, 0.6) is 5.75 Å². The van der Waals surface area contributed by atoms with Gasteiger partial charge in [-0.25, -0.2) is 0 Å². The van der Waals surface area contributed by atoms with Crippen LogP contribution in [0.3, 0.4) is 0 Å². The van der Waals surface area contributed by atoms with Crippen molar-refractivity contribution in [2.24, 2.45) is 5.92 Å². The van der Waals surface area contributed by atoms with Crippen molar-refractivity contribution in [3.8, 4) is 17.6 Å². The predicted molar refractivity (Wildman–Crippen MR) is 141 cm³/mol. The van der Waals surface area contributed by atoms with Gasteiger partial charge in [0.15, 0.2) is 0 Å². The molecule has 35 heavy (non-hydrogen) atoms. The number of ether oxygens (including phenoxy) is 2. The lowest BCUT2D eigenvalue weighted by atomic mass is 9.73. The van der Waals surface area contributed by atoms with Crippen LogP contribution in [0.2, 0.25) is 0 Å². The maximum atomic E-state index is 6.79. The van der Waals surface area contributed by atoms with E-state index in [1.807, 2.05) is 6.07 Å². The first-order valence-electron chi connectivity index (χ1n) is 12.7. The van der Waals surface area contributed by atoms with E-state index in [4.69, 9.17) is 9.47 Å². The molecule has 0 unspecified atom stereocenters. The quantitative estimate of drug-likeness (QED) is 0.387. The molecule has 0 saturated carbocycles. The van der Waals surface area contributed by atoms with Crippen molar-refractivity contribution >= 4 is 0 Å². The molecule has 0 amide bonds. The van der Waals surface area contributed by atoms with E-state index in [0.717, 1.165) is 37.2 Å². The standard InChI is InChI=1S/C32H35NO2/c1-31(2)28-19-21-32(3,35-30(28)27-17-10-11-18-29(27)34-31)20-12-22-33(23-25-13-6-4-7-14-25)24-26-15-8-5-9-16-26/h4-11,13-18,28,30H,19,21-24H2,1-3H3/t28-,30-,32+/m1/s1. The molecule has 0 spiro atoms. The highest BCUT2D eigenvalue weighted by Gasteiger charge is 2.49. The number of benzene rings is 3. The number of rotatable bonds is 5. The van der Waals surface area contributed by atoms with E-state index in [-0.39, 0.29) is 11.7 Å². The van der Waals surface area contributed by atoms with Crippen LogP contribution in [0, 0.1) is 17.8 Å². The van der Waals surface area contributed by atoms with Gasteiger partial charge >= 0.3 is 0 Å². The molecule has 2 aliphatic heterocycles. The van der Waals surface area contributed by atoms with E-state index in [9.17, 15) is 0 Å². The summed E-state index contributed by atoms with van der Waals surface area (Å²) in [6.07, 6.45) is 1.95. The van der Waals surface area contributed by atoms with Gasteiger partial charge < -0.3 is 9.47 Å². The fraction of sp³-hybridized carbons (Fsp3) is 0.375. The summed E-state index contributed by atoms with van der Waals surface area (Å²) in [5, 5.41) is 0. The van der Waals surface area contributed by atoms with E-state index in [1.54, 1.807) is 0 Å². The van der Waals surface area contributed by atoms with E-state index < -0.39 is 5.60 Å². The van der Waals surface area contributed by atoms with Crippen molar-refractivity contribution in [3.05, 3.63) is 102 Å². The van der Waals surface area contributed by atoms with Crippen LogP contribution >= 0.6 is 0 Å². The topological polar surface area (TPSA) is 21.7 Å². The number of nitrogens with zero attached hydrogens (tertiary/aromatic N) is 1. The second-order valence-corrected chi connectivity index (χ2v) is 10.6. The maximum absolute atomic E-state index is 6.79. The Balaban J connectivity index is 1.33. The Labute approximate surface area is 210 Å². The number of hydrogen-bond donors (Lipinski definition) is 0. The van der Waals surface area contributed by atoms with Crippen molar-refractivity contribution in [1.29, 1.82) is 0 Å². The van der Waals surface area contributed by atoms with Crippen molar-refractivity contribution in [2.75, 3.05) is 6.54 Å². The molecular formula is C32H35NO2. The second-order valence-electron chi connectivity index (χ2n) is 10.6. The van der Waals surface area contributed by atoms with Gasteiger partial charge in [0, 0.05) is 24.6 Å². The van der Waals surface area contributed by atoms with Gasteiger partial charge in [0.1, 0.15) is 17.0 Å². The van der Waals surface area contributed by atoms with E-state index in [2.05, 4.69) is 116 Å². The van der Waals surface area contributed by atoms with Gasteiger partial charge in [-0.3, -0.25) is 4.90 Å². The molecule has 3 atom stereocenters. The van der Waals surface area contributed by atoms with Crippen molar-refractivity contribution in [3.63, 3.8) is 0 Å². The summed E-state index contributed by atoms with van der Waals surface area (Å²) in [6, 6.07) is 29.6. The lowest BCUT2D eigenvalue weighted by molar-refractivity contribution is -0.169. The summed E-state index contributed by atoms with van der Waals surface area (Å²) in [6.45, 7) is 8.95. The van der Waals surface area contributed by atoms with Gasteiger partial charge in [-0.2, -0.15) is 0 Å². The molecule has 180 valence electrons. The van der Waals surface area contributed by atoms with Gasteiger partial charge in [0.2, 0.25) is 0 Å². The molecule has 3 aromatic carbocycles. The SMILES string of the molecule is CC1(C)Oc2ccccc2[C@H]2O[C@@](C)(C#CCN(Cc3ccccc3)Cc3ccccc3)CC[C@H]21. The van der Waals surface area contributed by atoms with Gasteiger partial charge in [-0.1, -0.05) is 90.7 Å². The molecule has 1 saturated heterocycles. The first-order chi connectivity index (χ1) is 16.9. The Hall–Kier alpha value is -3.06. The molecule has 0 bridgehead atoms. The summed E-state index contributed by atoms with van der Waals surface area (Å²) < 4.78 is 13.1. The molecule has 0 radical (unpaired) electrons. The third kappa shape index (κ3) is 5.45. The maximum Gasteiger partial charge on any atom is 0.126 e. The summed E-state index contributed by atoms with van der Waals surface area (Å²) >= 11 is 0. The minimum absolute atomic E-state index is 0.00717. The van der Waals surface area contributed by atoms with Crippen LogP contribution in [-0.4, -0.2) is 22.6 Å². The Kier molecular flexibility index (Phi) is 6.69. The van der Waals surface area contributed by atoms with E-state index in [1.165, 1.54) is 11.1 Å². The van der Waals surface area contributed by atoms with Crippen molar-refractivity contribution in [2.45, 2.75) is 64.0 Å². The molecule has 0 N–H and O–H groups in total. The average Bonchev–Trinajstić information content (AvgIpc) is 2.85. The van der Waals surface area contributed by atoms with Gasteiger partial charge in [0.05, 0.1) is 12.6 Å². The molecule has 0 aliphatic carbocycles. The largest absolute Gasteiger partial charge is 0.487 e. The molecule has 2 aliphatic rings. The highest BCUT2D eigenvalue weighted by atomic mass is 16.5. The summed E-state index contributed by atoms with van der Waals surface area (Å²) in [5.74, 6) is 8.29. The first-order valence-corrected chi connectivity index (χ1v) is 12.7. The lowest BCUT2D eigenvalue weighted by Gasteiger charge is -2.50. The number of hydrogen-bond acceptors (Lipinski definition) is 3. The summed E-state index contributed by atoms with van der Waals surface area (Å²) in [5.41, 5.74) is 3.03. The van der Waals surface area contributed by atoms with E-state index in [0.29, 0.717) is 12.5 Å². The fourth-order valence-electron chi connectivity index (χ4n) is 5.44. The fourth-order valence-corrected chi connectivity index (χ4v) is 5.44. The number of para-hydroxylation sites is 1. The zero-order valence-electron chi connectivity index (χ0n) is 21.0. The van der Waals surface area contributed by atoms with Crippen LogP contribution in [0.1, 0.15) is 56.4 Å². The Morgan fingerprint density at radius 1 is 0.829 bits per heavy atom. The monoisotopic (exact) mass is 465 g/mol. The zero-order valence-corrected chi connectivity index (χ0v) is 21.0. The average molecular weight is 466 g/mol. The third-order valence-corrected chi connectivity index (χ3v) is 7.33. The van der Waals surface area contributed by atoms with Crippen LogP contribution < -0.4 is 4.74 Å². The Bertz CT molecular complexity index is 1150. The van der Waals surface area contributed by atoms with Gasteiger partial charge in [-0.15, -0.1) is 0 Å². The minimum Gasteiger partial charge on any atom is -0.487 e. The summed E-state index contributed by atoms with van der Waals surface area (Å²) in [4.78, 5) is 2.40. The Morgan fingerprint density at radius 3 is 2.09 bits per heavy atom. The van der Waals surface area contributed by atoms with Crippen LogP contribution in [0.4, 0.5) is 0 Å². The normalized spacial score (nSPS) is 24.5. The van der Waals surface area contributed by atoms with Gasteiger partial charge in [0.25, 0.3) is 0 Å². The molecule has 3 nitrogen and oxygen atoms in total. The molecule has 3 heteroatoms. The molecule has 3 aromatic rings. The van der Waals surface area contributed by atoms with Gasteiger partial charge in [-0.05, 0) is 50.8 Å². The molecule has 1 fully saturated rings. The second kappa shape index (κ2) is 9.90. The Morgan fingerprint density at radius 2 is 1.43 bits per heavy atom. The van der Waals surface area contributed by atoms with E-state index >= 15 is 0 Å². The molecule has 5 rings (SSSR count). The zero-order chi connectivity index (χ0) is 24.3. The lowest BCUT2D eigenvalue weighted by Crippen LogP contribution is -2.50. The third-order valence-electron chi connectivity index (χ3n) is 7.33. The van der Waals surface area contributed by atoms with Crippen LogP contribution in [-0.2, 0) is 17.8 Å². The molecule has 0 aromatic heterocycles. The van der Waals surface area contributed by atoms with Crippen molar-refractivity contribution in [1.82, 2.24) is 4.90 Å². The highest BCUT2D eigenvalue weighted by Crippen LogP contribution is 2.52. The summed E-state index contributed by atoms with van der Waals surface area (Å²) in [7, 11) is 0. The number of fused-ring (bicyclic) bond motifs is 3.